The first-order valence-electron chi connectivity index (χ1n) is 9.27. The lowest BCUT2D eigenvalue weighted by molar-refractivity contribution is -0.130. The minimum absolute atomic E-state index is 0.0296. The molecule has 8 heteroatoms. The Morgan fingerprint density at radius 1 is 1.33 bits per heavy atom. The lowest BCUT2D eigenvalue weighted by Gasteiger charge is -2.24. The molecule has 2 amide bonds. The van der Waals surface area contributed by atoms with E-state index in [9.17, 15) is 14.7 Å². The Hall–Kier alpha value is -1.50. The van der Waals surface area contributed by atoms with Crippen LogP contribution in [0.4, 0.5) is 0 Å². The van der Waals surface area contributed by atoms with Crippen LogP contribution in [0, 0.1) is 5.92 Å². The molecule has 0 bridgehead atoms. The molecule has 1 saturated heterocycles. The van der Waals surface area contributed by atoms with Gasteiger partial charge in [0.1, 0.15) is 23.5 Å². The molecule has 2 atom stereocenters. The molecule has 1 heterocycles. The predicted molar refractivity (Wildman–Crippen MR) is 103 cm³/mol. The highest BCUT2D eigenvalue weighted by atomic mass is 35.5. The normalized spacial score (nSPS) is 21.5. The van der Waals surface area contributed by atoms with Gasteiger partial charge in [0, 0.05) is 25.6 Å². The number of likely N-dealkylation sites (tertiary alicyclic amines) is 1. The van der Waals surface area contributed by atoms with Crippen molar-refractivity contribution in [3.63, 3.8) is 0 Å². The Labute approximate surface area is 168 Å². The van der Waals surface area contributed by atoms with Gasteiger partial charge < -0.3 is 20.1 Å². The third-order valence-corrected chi connectivity index (χ3v) is 5.96. The van der Waals surface area contributed by atoms with Gasteiger partial charge in [0.05, 0.1) is 10.9 Å². The van der Waals surface area contributed by atoms with Crippen LogP contribution in [0.2, 0.25) is 10.0 Å². The molecular formula is C19H24Cl2N2O4. The zero-order valence-electron chi connectivity index (χ0n) is 15.0. The van der Waals surface area contributed by atoms with Crippen molar-refractivity contribution in [1.82, 2.24) is 10.2 Å². The van der Waals surface area contributed by atoms with Gasteiger partial charge in [-0.05, 0) is 25.0 Å². The van der Waals surface area contributed by atoms with Gasteiger partial charge in [0.15, 0.2) is 0 Å². The molecule has 1 aliphatic carbocycles. The van der Waals surface area contributed by atoms with E-state index in [-0.39, 0.29) is 48.4 Å². The minimum atomic E-state index is -0.896. The topological polar surface area (TPSA) is 78.9 Å². The molecule has 1 aliphatic heterocycles. The van der Waals surface area contributed by atoms with E-state index in [1.807, 2.05) is 4.90 Å². The number of carbonyl (C=O) groups excluding carboxylic acids is 2. The molecular weight excluding hydrogens is 391 g/mol. The lowest BCUT2D eigenvalue weighted by atomic mass is 10.1. The summed E-state index contributed by atoms with van der Waals surface area (Å²) >= 11 is 11.9. The number of carbonyl (C=O) groups is 2. The molecule has 27 heavy (non-hydrogen) atoms. The average Bonchev–Trinajstić information content (AvgIpc) is 3.30. The van der Waals surface area contributed by atoms with Crippen molar-refractivity contribution in [2.75, 3.05) is 19.7 Å². The summed E-state index contributed by atoms with van der Waals surface area (Å²) in [7, 11) is 0. The molecule has 6 nitrogen and oxygen atoms in total. The monoisotopic (exact) mass is 414 g/mol. The second-order valence-corrected chi connectivity index (χ2v) is 7.93. The zero-order chi connectivity index (χ0) is 19.4. The number of ether oxygens (including phenoxy) is 1. The number of nitrogens with zero attached hydrogens (tertiary/aromatic N) is 1. The van der Waals surface area contributed by atoms with Crippen LogP contribution in [0.15, 0.2) is 18.2 Å². The SMILES string of the molecule is O=C(NCC(O)COc1cccc(Cl)c1Cl)C1CC(=O)N(C2CCCC2)C1. The summed E-state index contributed by atoms with van der Waals surface area (Å²) in [5, 5.41) is 13.4. The van der Waals surface area contributed by atoms with Crippen molar-refractivity contribution in [3.8, 4) is 5.75 Å². The average molecular weight is 415 g/mol. The largest absolute Gasteiger partial charge is 0.489 e. The molecule has 1 saturated carbocycles. The maximum Gasteiger partial charge on any atom is 0.225 e. The van der Waals surface area contributed by atoms with Gasteiger partial charge in [-0.25, -0.2) is 0 Å². The van der Waals surface area contributed by atoms with E-state index in [2.05, 4.69) is 5.32 Å². The van der Waals surface area contributed by atoms with Gasteiger partial charge >= 0.3 is 0 Å². The molecule has 2 fully saturated rings. The summed E-state index contributed by atoms with van der Waals surface area (Å²) in [5.41, 5.74) is 0. The second kappa shape index (κ2) is 9.13. The van der Waals surface area contributed by atoms with Crippen molar-refractivity contribution >= 4 is 35.0 Å². The van der Waals surface area contributed by atoms with Crippen LogP contribution in [0.1, 0.15) is 32.1 Å². The molecule has 148 valence electrons. The third kappa shape index (κ3) is 5.06. The fourth-order valence-electron chi connectivity index (χ4n) is 3.68. The molecule has 0 radical (unpaired) electrons. The van der Waals surface area contributed by atoms with Crippen LogP contribution >= 0.6 is 23.2 Å². The Balaban J connectivity index is 1.42. The summed E-state index contributed by atoms with van der Waals surface area (Å²) in [6, 6.07) is 5.29. The highest BCUT2D eigenvalue weighted by Crippen LogP contribution is 2.31. The van der Waals surface area contributed by atoms with Gasteiger partial charge in [-0.3, -0.25) is 9.59 Å². The van der Waals surface area contributed by atoms with Crippen LogP contribution in [0.3, 0.4) is 0 Å². The number of halogens is 2. The Morgan fingerprint density at radius 3 is 2.81 bits per heavy atom. The molecule has 3 rings (SSSR count). The molecule has 1 aromatic rings. The van der Waals surface area contributed by atoms with Crippen molar-refractivity contribution in [3.05, 3.63) is 28.2 Å². The van der Waals surface area contributed by atoms with Crippen molar-refractivity contribution in [2.45, 2.75) is 44.2 Å². The molecule has 2 unspecified atom stereocenters. The lowest BCUT2D eigenvalue weighted by Crippen LogP contribution is -2.40. The predicted octanol–water partition coefficient (Wildman–Crippen LogP) is 2.64. The Kier molecular flexibility index (Phi) is 6.84. The van der Waals surface area contributed by atoms with E-state index < -0.39 is 6.10 Å². The maximum absolute atomic E-state index is 12.3. The number of rotatable bonds is 7. The molecule has 1 aromatic carbocycles. The van der Waals surface area contributed by atoms with E-state index in [0.717, 1.165) is 25.7 Å². The highest BCUT2D eigenvalue weighted by Gasteiger charge is 2.38. The third-order valence-electron chi connectivity index (χ3n) is 5.15. The summed E-state index contributed by atoms with van der Waals surface area (Å²) in [5.74, 6) is -0.123. The summed E-state index contributed by atoms with van der Waals surface area (Å²) in [6.07, 6.45) is 3.70. The first-order chi connectivity index (χ1) is 13.0. The highest BCUT2D eigenvalue weighted by molar-refractivity contribution is 6.42. The second-order valence-electron chi connectivity index (χ2n) is 7.15. The van der Waals surface area contributed by atoms with Gasteiger partial charge in [-0.1, -0.05) is 42.1 Å². The van der Waals surface area contributed by atoms with E-state index in [1.165, 1.54) is 0 Å². The smallest absolute Gasteiger partial charge is 0.225 e. The first kappa shape index (κ1) is 20.2. The van der Waals surface area contributed by atoms with Crippen molar-refractivity contribution < 1.29 is 19.4 Å². The van der Waals surface area contributed by atoms with Gasteiger partial charge in [0.2, 0.25) is 11.8 Å². The number of aliphatic hydroxyl groups excluding tert-OH is 1. The summed E-state index contributed by atoms with van der Waals surface area (Å²) < 4.78 is 5.46. The van der Waals surface area contributed by atoms with E-state index in [0.29, 0.717) is 17.3 Å². The zero-order valence-corrected chi connectivity index (χ0v) is 16.5. The van der Waals surface area contributed by atoms with Crippen LogP contribution in [0.25, 0.3) is 0 Å². The quantitative estimate of drug-likeness (QED) is 0.718. The fraction of sp³-hybridized carbons (Fsp3) is 0.579. The number of nitrogens with one attached hydrogen (secondary N) is 1. The Morgan fingerprint density at radius 2 is 2.07 bits per heavy atom. The molecule has 0 spiro atoms. The maximum atomic E-state index is 12.3. The van der Waals surface area contributed by atoms with Gasteiger partial charge in [-0.15, -0.1) is 0 Å². The van der Waals surface area contributed by atoms with Gasteiger partial charge in [0.25, 0.3) is 0 Å². The van der Waals surface area contributed by atoms with Crippen LogP contribution in [0.5, 0.6) is 5.75 Å². The van der Waals surface area contributed by atoms with Crippen LogP contribution < -0.4 is 10.1 Å². The van der Waals surface area contributed by atoms with Crippen LogP contribution in [-0.2, 0) is 9.59 Å². The number of aliphatic hydroxyl groups is 1. The van der Waals surface area contributed by atoms with E-state index >= 15 is 0 Å². The number of benzene rings is 1. The number of amides is 2. The molecule has 0 aromatic heterocycles. The van der Waals surface area contributed by atoms with E-state index in [4.69, 9.17) is 27.9 Å². The van der Waals surface area contributed by atoms with Gasteiger partial charge in [-0.2, -0.15) is 0 Å². The number of hydrogen-bond acceptors (Lipinski definition) is 4. The standard InChI is InChI=1S/C19H24Cl2N2O4/c20-15-6-3-7-16(18(15)21)27-11-14(24)9-22-19(26)12-8-17(25)23(10-12)13-4-1-2-5-13/h3,6-7,12-14,24H,1-2,4-5,8-11H2,(H,22,26). The first-order valence-corrected chi connectivity index (χ1v) is 10.0. The van der Waals surface area contributed by atoms with Crippen molar-refractivity contribution in [1.29, 1.82) is 0 Å². The number of hydrogen-bond donors (Lipinski definition) is 2. The molecule has 2 aliphatic rings. The Bertz CT molecular complexity index is 694. The van der Waals surface area contributed by atoms with E-state index in [1.54, 1.807) is 18.2 Å². The molecule has 2 N–H and O–H groups in total. The summed E-state index contributed by atoms with van der Waals surface area (Å²) in [4.78, 5) is 26.4. The van der Waals surface area contributed by atoms with Crippen molar-refractivity contribution in [2.24, 2.45) is 5.92 Å². The summed E-state index contributed by atoms with van der Waals surface area (Å²) in [6.45, 7) is 0.489. The van der Waals surface area contributed by atoms with Crippen LogP contribution in [-0.4, -0.2) is 53.7 Å². The fourth-order valence-corrected chi connectivity index (χ4v) is 4.03. The minimum Gasteiger partial charge on any atom is -0.489 e.